The molecule has 3 nitrogen and oxygen atoms in total. The van der Waals surface area contributed by atoms with Crippen molar-refractivity contribution in [1.82, 2.24) is 4.57 Å². The average Bonchev–Trinajstić information content (AvgIpc) is 2.83. The van der Waals surface area contributed by atoms with Crippen molar-refractivity contribution in [2.75, 3.05) is 0 Å². The van der Waals surface area contributed by atoms with Gasteiger partial charge in [0.05, 0.1) is 11.6 Å². The number of hydrogen-bond donors (Lipinski definition) is 0. The second-order valence-electron chi connectivity index (χ2n) is 5.05. The maximum atomic E-state index is 12.2. The predicted molar refractivity (Wildman–Crippen MR) is 79.8 cm³/mol. The number of hydrogen-bond acceptors (Lipinski definition) is 2. The van der Waals surface area contributed by atoms with Crippen molar-refractivity contribution in [3.05, 3.63) is 54.1 Å². The molecule has 0 aliphatic rings. The van der Waals surface area contributed by atoms with E-state index in [1.165, 1.54) is 12.1 Å². The van der Waals surface area contributed by atoms with Crippen LogP contribution < -0.4 is 4.74 Å². The monoisotopic (exact) mass is 316 g/mol. The standard InChI is InChI=1S/C17H11F3N2O/c1-22-15-7-2-11(10-21)8-13(15)9-16(22)12-3-5-14(6-4-12)23-17(18,19)20/h2-9H,1H3. The number of aromatic nitrogens is 1. The lowest BCUT2D eigenvalue weighted by molar-refractivity contribution is -0.274. The van der Waals surface area contributed by atoms with Crippen molar-refractivity contribution in [3.63, 3.8) is 0 Å². The SMILES string of the molecule is Cn1c(-c2ccc(OC(F)(F)F)cc2)cc2cc(C#N)ccc21. The molecule has 0 saturated carbocycles. The topological polar surface area (TPSA) is 38.0 Å². The van der Waals surface area contributed by atoms with Crippen molar-refractivity contribution in [1.29, 1.82) is 5.26 Å². The zero-order valence-corrected chi connectivity index (χ0v) is 12.1. The molecule has 0 fully saturated rings. The van der Waals surface area contributed by atoms with E-state index in [1.807, 2.05) is 23.7 Å². The number of halogens is 3. The third kappa shape index (κ3) is 2.99. The Hall–Kier alpha value is -2.94. The van der Waals surface area contributed by atoms with Crippen LogP contribution in [-0.4, -0.2) is 10.9 Å². The number of alkyl halides is 3. The lowest BCUT2D eigenvalue weighted by Crippen LogP contribution is -2.16. The average molecular weight is 316 g/mol. The third-order valence-corrected chi connectivity index (χ3v) is 3.56. The summed E-state index contributed by atoms with van der Waals surface area (Å²) in [5.41, 5.74) is 3.10. The molecule has 0 radical (unpaired) electrons. The van der Waals surface area contributed by atoms with Crippen LogP contribution in [-0.2, 0) is 7.05 Å². The molecule has 3 rings (SSSR count). The Balaban J connectivity index is 2.00. The number of ether oxygens (including phenoxy) is 1. The van der Waals surface area contributed by atoms with Gasteiger partial charge in [-0.1, -0.05) is 0 Å². The lowest BCUT2D eigenvalue weighted by Gasteiger charge is -2.09. The Kier molecular flexibility index (Phi) is 3.49. The number of nitriles is 1. The zero-order valence-electron chi connectivity index (χ0n) is 12.1. The van der Waals surface area contributed by atoms with Crippen LogP contribution in [0.4, 0.5) is 13.2 Å². The lowest BCUT2D eigenvalue weighted by atomic mass is 10.1. The summed E-state index contributed by atoms with van der Waals surface area (Å²) in [6, 6.07) is 15.0. The van der Waals surface area contributed by atoms with E-state index in [9.17, 15) is 13.2 Å². The van der Waals surface area contributed by atoms with E-state index < -0.39 is 6.36 Å². The van der Waals surface area contributed by atoms with Crippen molar-refractivity contribution in [2.45, 2.75) is 6.36 Å². The molecule has 0 bridgehead atoms. The van der Waals surface area contributed by atoms with E-state index in [0.717, 1.165) is 22.2 Å². The predicted octanol–water partition coefficient (Wildman–Crippen LogP) is 4.62. The maximum absolute atomic E-state index is 12.2. The van der Waals surface area contributed by atoms with Crippen molar-refractivity contribution in [2.24, 2.45) is 7.05 Å². The molecule has 0 saturated heterocycles. The summed E-state index contributed by atoms with van der Waals surface area (Å²) in [6.07, 6.45) is -4.70. The van der Waals surface area contributed by atoms with Crippen LogP contribution in [0.5, 0.6) is 5.75 Å². The first kappa shape index (κ1) is 15.0. The summed E-state index contributed by atoms with van der Waals surface area (Å²) in [4.78, 5) is 0. The molecule has 2 aromatic carbocycles. The molecule has 1 aromatic heterocycles. The van der Waals surface area contributed by atoms with Crippen molar-refractivity contribution < 1.29 is 17.9 Å². The summed E-state index contributed by atoms with van der Waals surface area (Å²) in [5.74, 6) is -0.258. The number of fused-ring (bicyclic) bond motifs is 1. The van der Waals surface area contributed by atoms with Crippen LogP contribution in [0.1, 0.15) is 5.56 Å². The van der Waals surface area contributed by atoms with Crippen molar-refractivity contribution in [3.8, 4) is 23.1 Å². The molecule has 0 spiro atoms. The van der Waals surface area contributed by atoms with E-state index in [2.05, 4.69) is 10.8 Å². The van der Waals surface area contributed by atoms with E-state index in [-0.39, 0.29) is 5.75 Å². The smallest absolute Gasteiger partial charge is 0.406 e. The largest absolute Gasteiger partial charge is 0.573 e. The van der Waals surface area contributed by atoms with Crippen LogP contribution in [0.2, 0.25) is 0 Å². The molecule has 0 aliphatic heterocycles. The van der Waals surface area contributed by atoms with Gasteiger partial charge >= 0.3 is 6.36 Å². The van der Waals surface area contributed by atoms with Gasteiger partial charge in [0, 0.05) is 23.6 Å². The fraction of sp³-hybridized carbons (Fsp3) is 0.118. The molecule has 1 heterocycles. The number of rotatable bonds is 2. The fourth-order valence-corrected chi connectivity index (χ4v) is 2.52. The Morgan fingerprint density at radius 3 is 2.35 bits per heavy atom. The minimum atomic E-state index is -4.70. The zero-order chi connectivity index (χ0) is 16.6. The van der Waals surface area contributed by atoms with Crippen molar-refractivity contribution >= 4 is 10.9 Å². The van der Waals surface area contributed by atoms with Gasteiger partial charge in [0.15, 0.2) is 0 Å². The minimum Gasteiger partial charge on any atom is -0.406 e. The molecule has 3 aromatic rings. The molecule has 0 N–H and O–H groups in total. The van der Waals surface area contributed by atoms with Crippen LogP contribution in [0, 0.1) is 11.3 Å². The molecular weight excluding hydrogens is 305 g/mol. The molecule has 0 atom stereocenters. The summed E-state index contributed by atoms with van der Waals surface area (Å²) in [5, 5.41) is 9.85. The summed E-state index contributed by atoms with van der Waals surface area (Å²) >= 11 is 0. The summed E-state index contributed by atoms with van der Waals surface area (Å²) in [6.45, 7) is 0. The highest BCUT2D eigenvalue weighted by Gasteiger charge is 2.31. The van der Waals surface area contributed by atoms with E-state index in [4.69, 9.17) is 5.26 Å². The highest BCUT2D eigenvalue weighted by molar-refractivity contribution is 5.88. The molecule has 0 amide bonds. The number of benzene rings is 2. The second kappa shape index (κ2) is 5.36. The van der Waals surface area contributed by atoms with Gasteiger partial charge in [-0.05, 0) is 54.1 Å². The second-order valence-corrected chi connectivity index (χ2v) is 5.05. The fourth-order valence-electron chi connectivity index (χ4n) is 2.52. The summed E-state index contributed by atoms with van der Waals surface area (Å²) in [7, 11) is 1.86. The Morgan fingerprint density at radius 1 is 1.04 bits per heavy atom. The van der Waals surface area contributed by atoms with E-state index in [1.54, 1.807) is 24.3 Å². The Labute approximate surface area is 130 Å². The molecule has 0 unspecified atom stereocenters. The number of aryl methyl sites for hydroxylation is 1. The van der Waals surface area contributed by atoms with Gasteiger partial charge in [-0.2, -0.15) is 5.26 Å². The van der Waals surface area contributed by atoms with Gasteiger partial charge in [0.1, 0.15) is 5.75 Å². The van der Waals surface area contributed by atoms with Gasteiger partial charge in [0.2, 0.25) is 0 Å². The quantitative estimate of drug-likeness (QED) is 0.692. The normalized spacial score (nSPS) is 11.4. The Morgan fingerprint density at radius 2 is 1.74 bits per heavy atom. The molecule has 116 valence electrons. The summed E-state index contributed by atoms with van der Waals surface area (Å²) < 4.78 is 42.4. The molecule has 23 heavy (non-hydrogen) atoms. The first-order valence-corrected chi connectivity index (χ1v) is 6.73. The minimum absolute atomic E-state index is 0.258. The van der Waals surface area contributed by atoms with Crippen LogP contribution in [0.15, 0.2) is 48.5 Å². The molecule has 6 heteroatoms. The van der Waals surface area contributed by atoms with Crippen LogP contribution in [0.3, 0.4) is 0 Å². The van der Waals surface area contributed by atoms with Gasteiger partial charge in [-0.3, -0.25) is 0 Å². The number of nitrogens with zero attached hydrogens (tertiary/aromatic N) is 2. The third-order valence-electron chi connectivity index (χ3n) is 3.56. The highest BCUT2D eigenvalue weighted by atomic mass is 19.4. The first-order chi connectivity index (χ1) is 10.9. The molecular formula is C17H11F3N2O. The van der Waals surface area contributed by atoms with E-state index in [0.29, 0.717) is 5.56 Å². The van der Waals surface area contributed by atoms with E-state index >= 15 is 0 Å². The van der Waals surface area contributed by atoms with Crippen LogP contribution in [0.25, 0.3) is 22.2 Å². The Bertz CT molecular complexity index is 902. The van der Waals surface area contributed by atoms with Gasteiger partial charge in [-0.25, -0.2) is 0 Å². The first-order valence-electron chi connectivity index (χ1n) is 6.73. The van der Waals surface area contributed by atoms with Crippen LogP contribution >= 0.6 is 0 Å². The van der Waals surface area contributed by atoms with Gasteiger partial charge < -0.3 is 9.30 Å². The highest BCUT2D eigenvalue weighted by Crippen LogP contribution is 2.30. The maximum Gasteiger partial charge on any atom is 0.573 e. The van der Waals surface area contributed by atoms with Gasteiger partial charge in [0.25, 0.3) is 0 Å². The van der Waals surface area contributed by atoms with Gasteiger partial charge in [-0.15, -0.1) is 13.2 Å². The molecule has 0 aliphatic carbocycles.